The van der Waals surface area contributed by atoms with Crippen molar-refractivity contribution >= 4 is 22.6 Å². The lowest BCUT2D eigenvalue weighted by Crippen LogP contribution is -2.10. The highest BCUT2D eigenvalue weighted by atomic mass is 127. The summed E-state index contributed by atoms with van der Waals surface area (Å²) in [5.41, 5.74) is 1.20. The Bertz CT molecular complexity index is 241. The van der Waals surface area contributed by atoms with Crippen LogP contribution in [0.1, 0.15) is 25.3 Å². The summed E-state index contributed by atoms with van der Waals surface area (Å²) in [7, 11) is 0. The Kier molecular flexibility index (Phi) is 3.53. The maximum absolute atomic E-state index is 9.34. The summed E-state index contributed by atoms with van der Waals surface area (Å²) in [6.07, 6.45) is -0.273. The van der Waals surface area contributed by atoms with Crippen LogP contribution < -0.4 is 0 Å². The molecule has 0 saturated carbocycles. The molecule has 0 bridgehead atoms. The first-order valence-electron chi connectivity index (χ1n) is 4.05. The number of halogens is 1. The van der Waals surface area contributed by atoms with Crippen LogP contribution in [0, 0.1) is 3.57 Å². The summed E-state index contributed by atoms with van der Waals surface area (Å²) in [4.78, 5) is 0. The van der Waals surface area contributed by atoms with E-state index in [-0.39, 0.29) is 12.0 Å². The minimum absolute atomic E-state index is 0.224. The molecular weight excluding hydrogens is 263 g/mol. The van der Waals surface area contributed by atoms with Gasteiger partial charge in [-0.3, -0.25) is 0 Å². The van der Waals surface area contributed by atoms with Gasteiger partial charge in [0, 0.05) is 9.49 Å². The molecule has 12 heavy (non-hydrogen) atoms. The highest BCUT2D eigenvalue weighted by molar-refractivity contribution is 14.1. The first-order chi connectivity index (χ1) is 5.61. The summed E-state index contributed by atoms with van der Waals surface area (Å²) in [6, 6.07) is 8.27. The van der Waals surface area contributed by atoms with Gasteiger partial charge in [-0.1, -0.05) is 19.1 Å². The van der Waals surface area contributed by atoms with Crippen LogP contribution in [0.2, 0.25) is 0 Å². The molecule has 1 aromatic rings. The zero-order valence-corrected chi connectivity index (χ0v) is 9.45. The average molecular weight is 276 g/mol. The summed E-state index contributed by atoms with van der Waals surface area (Å²) in [5.74, 6) is 0.224. The molecule has 0 aliphatic carbocycles. The van der Waals surface area contributed by atoms with Crippen LogP contribution in [0.15, 0.2) is 24.3 Å². The topological polar surface area (TPSA) is 20.2 Å². The fourth-order valence-electron chi connectivity index (χ4n) is 1.04. The average Bonchev–Trinajstić information content (AvgIpc) is 2.04. The molecule has 0 saturated heterocycles. The van der Waals surface area contributed by atoms with Crippen LogP contribution in [0.4, 0.5) is 0 Å². The molecule has 1 rings (SSSR count). The summed E-state index contributed by atoms with van der Waals surface area (Å²) in [5, 5.41) is 9.34. The Labute approximate surface area is 86.9 Å². The lowest BCUT2D eigenvalue weighted by Gasteiger charge is -2.14. The Morgan fingerprint density at radius 1 is 1.17 bits per heavy atom. The van der Waals surface area contributed by atoms with Crippen molar-refractivity contribution in [1.29, 1.82) is 0 Å². The number of hydrogen-bond donors (Lipinski definition) is 1. The highest BCUT2D eigenvalue weighted by Gasteiger charge is 2.10. The van der Waals surface area contributed by atoms with E-state index in [9.17, 15) is 5.11 Å². The van der Waals surface area contributed by atoms with Crippen LogP contribution in [-0.4, -0.2) is 11.2 Å². The minimum atomic E-state index is -0.273. The van der Waals surface area contributed by atoms with Crippen molar-refractivity contribution in [2.75, 3.05) is 0 Å². The predicted octanol–water partition coefficient (Wildman–Crippen LogP) is 2.78. The third kappa shape index (κ3) is 2.45. The lowest BCUT2D eigenvalue weighted by atomic mass is 9.97. The van der Waals surface area contributed by atoms with Crippen LogP contribution in [-0.2, 0) is 0 Å². The van der Waals surface area contributed by atoms with Gasteiger partial charge in [0.15, 0.2) is 0 Å². The molecule has 0 radical (unpaired) electrons. The van der Waals surface area contributed by atoms with Gasteiger partial charge in [-0.25, -0.2) is 0 Å². The molecule has 1 aromatic carbocycles. The molecule has 0 aliphatic rings. The van der Waals surface area contributed by atoms with Crippen molar-refractivity contribution in [2.24, 2.45) is 0 Å². The molecule has 0 aliphatic heterocycles. The van der Waals surface area contributed by atoms with Crippen molar-refractivity contribution in [3.63, 3.8) is 0 Å². The maximum atomic E-state index is 9.34. The van der Waals surface area contributed by atoms with Gasteiger partial charge in [0.05, 0.1) is 6.10 Å². The van der Waals surface area contributed by atoms with Crippen molar-refractivity contribution in [1.82, 2.24) is 0 Å². The maximum Gasteiger partial charge on any atom is 0.0577 e. The number of aliphatic hydroxyl groups is 1. The molecular formula is C10H13IO. The van der Waals surface area contributed by atoms with E-state index in [1.807, 2.05) is 13.8 Å². The zero-order valence-electron chi connectivity index (χ0n) is 7.29. The van der Waals surface area contributed by atoms with Gasteiger partial charge < -0.3 is 5.11 Å². The van der Waals surface area contributed by atoms with Crippen molar-refractivity contribution in [3.8, 4) is 0 Å². The van der Waals surface area contributed by atoms with Gasteiger partial charge in [0.25, 0.3) is 0 Å². The number of rotatable bonds is 2. The van der Waals surface area contributed by atoms with E-state index < -0.39 is 0 Å². The smallest absolute Gasteiger partial charge is 0.0577 e. The third-order valence-electron chi connectivity index (χ3n) is 2.12. The zero-order chi connectivity index (χ0) is 9.14. The fourth-order valence-corrected chi connectivity index (χ4v) is 1.40. The van der Waals surface area contributed by atoms with Crippen LogP contribution >= 0.6 is 22.6 Å². The second-order valence-electron chi connectivity index (χ2n) is 3.08. The SMILES string of the molecule is CC(O)C(C)c1ccc(I)cc1. The monoisotopic (exact) mass is 276 g/mol. The Hall–Kier alpha value is -0.0900. The second-order valence-corrected chi connectivity index (χ2v) is 4.33. The Morgan fingerprint density at radius 2 is 1.67 bits per heavy atom. The van der Waals surface area contributed by atoms with Gasteiger partial charge in [-0.05, 0) is 47.2 Å². The molecule has 1 N–H and O–H groups in total. The minimum Gasteiger partial charge on any atom is -0.393 e. The van der Waals surface area contributed by atoms with E-state index >= 15 is 0 Å². The largest absolute Gasteiger partial charge is 0.393 e. The van der Waals surface area contributed by atoms with Gasteiger partial charge in [-0.15, -0.1) is 0 Å². The van der Waals surface area contributed by atoms with Crippen molar-refractivity contribution in [2.45, 2.75) is 25.9 Å². The van der Waals surface area contributed by atoms with E-state index in [1.54, 1.807) is 0 Å². The molecule has 1 nitrogen and oxygen atoms in total. The first-order valence-corrected chi connectivity index (χ1v) is 5.12. The van der Waals surface area contributed by atoms with E-state index in [0.717, 1.165) is 0 Å². The van der Waals surface area contributed by atoms with Crippen LogP contribution in [0.5, 0.6) is 0 Å². The Balaban J connectivity index is 2.82. The van der Waals surface area contributed by atoms with E-state index in [4.69, 9.17) is 0 Å². The van der Waals surface area contributed by atoms with Gasteiger partial charge >= 0.3 is 0 Å². The van der Waals surface area contributed by atoms with Crippen molar-refractivity contribution < 1.29 is 5.11 Å². The molecule has 2 atom stereocenters. The molecule has 0 heterocycles. The molecule has 66 valence electrons. The fraction of sp³-hybridized carbons (Fsp3) is 0.400. The van der Waals surface area contributed by atoms with Crippen LogP contribution in [0.25, 0.3) is 0 Å². The van der Waals surface area contributed by atoms with Gasteiger partial charge in [0.2, 0.25) is 0 Å². The highest BCUT2D eigenvalue weighted by Crippen LogP contribution is 2.19. The molecule has 0 amide bonds. The molecule has 2 heteroatoms. The molecule has 2 unspecified atom stereocenters. The summed E-state index contributed by atoms with van der Waals surface area (Å²) in [6.45, 7) is 3.86. The molecule has 0 spiro atoms. The van der Waals surface area contributed by atoms with E-state index in [0.29, 0.717) is 0 Å². The van der Waals surface area contributed by atoms with Gasteiger partial charge in [-0.2, -0.15) is 0 Å². The first kappa shape index (κ1) is 9.99. The third-order valence-corrected chi connectivity index (χ3v) is 2.84. The standard InChI is InChI=1S/C10H13IO/c1-7(8(2)12)9-3-5-10(11)6-4-9/h3-8,12H,1-2H3. The summed E-state index contributed by atoms with van der Waals surface area (Å²) >= 11 is 2.27. The second kappa shape index (κ2) is 4.23. The number of hydrogen-bond acceptors (Lipinski definition) is 1. The molecule has 0 aromatic heterocycles. The summed E-state index contributed by atoms with van der Waals surface area (Å²) < 4.78 is 1.23. The van der Waals surface area contributed by atoms with E-state index in [1.165, 1.54) is 9.13 Å². The van der Waals surface area contributed by atoms with Gasteiger partial charge in [0.1, 0.15) is 0 Å². The number of benzene rings is 1. The van der Waals surface area contributed by atoms with E-state index in [2.05, 4.69) is 46.9 Å². The lowest BCUT2D eigenvalue weighted by molar-refractivity contribution is 0.169. The normalized spacial score (nSPS) is 15.7. The molecule has 0 fully saturated rings. The van der Waals surface area contributed by atoms with Crippen molar-refractivity contribution in [3.05, 3.63) is 33.4 Å². The predicted molar refractivity (Wildman–Crippen MR) is 59.3 cm³/mol. The van der Waals surface area contributed by atoms with Crippen LogP contribution in [0.3, 0.4) is 0 Å². The Morgan fingerprint density at radius 3 is 2.08 bits per heavy atom. The number of aliphatic hydroxyl groups excluding tert-OH is 1. The quantitative estimate of drug-likeness (QED) is 0.823.